The molecule has 0 amide bonds. The molecule has 5 nitrogen and oxygen atoms in total. The van der Waals surface area contributed by atoms with Crippen LogP contribution < -0.4 is 4.90 Å². The summed E-state index contributed by atoms with van der Waals surface area (Å²) < 4.78 is 16.5. The molecule has 0 saturated carbocycles. The molecule has 0 aliphatic rings. The van der Waals surface area contributed by atoms with Gasteiger partial charge in [0, 0.05) is 64.9 Å². The predicted octanol–water partition coefficient (Wildman–Crippen LogP) is 15.8. The summed E-state index contributed by atoms with van der Waals surface area (Å²) in [6.07, 6.45) is 0. The smallest absolute Gasteiger partial charge is 0.227 e. The first kappa shape index (κ1) is 32.7. The van der Waals surface area contributed by atoms with Gasteiger partial charge >= 0.3 is 0 Å². The molecule has 0 saturated heterocycles. The van der Waals surface area contributed by atoms with E-state index in [0.717, 1.165) is 71.8 Å². The van der Waals surface area contributed by atoms with Crippen molar-refractivity contribution in [1.82, 2.24) is 9.97 Å². The van der Waals surface area contributed by atoms with Crippen LogP contribution in [-0.4, -0.2) is 9.97 Å². The zero-order valence-electron chi connectivity index (χ0n) is 31.2. The minimum atomic E-state index is 0.635. The third-order valence-corrected chi connectivity index (χ3v) is 13.7. The standard InChI is InChI=1S/C52H29N3O2S2/c1-2-10-35-31(9-1)25-44(37-12-4-3-11-36(35)37)55(33-20-17-30(18-21-33)52-54-43-14-6-8-16-48(43)59-52)34-22-24-38-40-29-50-41(28-47(40)56-46(38)27-34)39-23-19-32(26-49(39)58-50)51-53-42-13-5-7-15-45(42)57-51/h1-29H. The van der Waals surface area contributed by atoms with Gasteiger partial charge < -0.3 is 13.7 Å². The van der Waals surface area contributed by atoms with Crippen LogP contribution in [-0.2, 0) is 0 Å². The quantitative estimate of drug-likeness (QED) is 0.163. The highest BCUT2D eigenvalue weighted by Crippen LogP contribution is 2.46. The Bertz CT molecular complexity index is 3750. The van der Waals surface area contributed by atoms with E-state index in [9.17, 15) is 0 Å². The van der Waals surface area contributed by atoms with Crippen molar-refractivity contribution in [3.63, 3.8) is 0 Å². The fourth-order valence-electron chi connectivity index (χ4n) is 8.70. The first-order valence-corrected chi connectivity index (χ1v) is 21.2. The Labute approximate surface area is 344 Å². The van der Waals surface area contributed by atoms with E-state index in [2.05, 4.69) is 150 Å². The lowest BCUT2D eigenvalue weighted by molar-refractivity contribution is 0.620. The third kappa shape index (κ3) is 5.15. The average Bonchev–Trinajstić information content (AvgIpc) is 4.08. The van der Waals surface area contributed by atoms with Gasteiger partial charge in [-0.15, -0.1) is 22.7 Å². The topological polar surface area (TPSA) is 55.3 Å². The number of hydrogen-bond acceptors (Lipinski definition) is 7. The molecule has 0 radical (unpaired) electrons. The van der Waals surface area contributed by atoms with Crippen LogP contribution in [0.25, 0.3) is 107 Å². The summed E-state index contributed by atoms with van der Waals surface area (Å²) in [4.78, 5) is 12.1. The number of thiazole rings is 1. The summed E-state index contributed by atoms with van der Waals surface area (Å²) in [7, 11) is 0. The molecule has 4 aromatic heterocycles. The summed E-state index contributed by atoms with van der Waals surface area (Å²) in [6, 6.07) is 62.3. The van der Waals surface area contributed by atoms with Crippen LogP contribution in [0.4, 0.5) is 17.1 Å². The third-order valence-electron chi connectivity index (χ3n) is 11.5. The monoisotopic (exact) mass is 791 g/mol. The number of rotatable bonds is 5. The van der Waals surface area contributed by atoms with Crippen molar-refractivity contribution in [3.8, 4) is 22.0 Å². The van der Waals surface area contributed by atoms with E-state index in [0.29, 0.717) is 5.89 Å². The van der Waals surface area contributed by atoms with Crippen molar-refractivity contribution >= 4 is 125 Å². The molecular formula is C52H29N3O2S2. The van der Waals surface area contributed by atoms with Gasteiger partial charge in [-0.3, -0.25) is 0 Å². The van der Waals surface area contributed by atoms with Crippen molar-refractivity contribution in [1.29, 1.82) is 0 Å². The minimum absolute atomic E-state index is 0.635. The number of hydrogen-bond donors (Lipinski definition) is 0. The van der Waals surface area contributed by atoms with Gasteiger partial charge in [0.2, 0.25) is 5.89 Å². The number of aromatic nitrogens is 2. The van der Waals surface area contributed by atoms with Gasteiger partial charge in [-0.05, 0) is 107 Å². The number of para-hydroxylation sites is 3. The number of benzene rings is 9. The van der Waals surface area contributed by atoms with E-state index in [1.165, 1.54) is 46.4 Å². The first-order valence-electron chi connectivity index (χ1n) is 19.5. The van der Waals surface area contributed by atoms with E-state index in [4.69, 9.17) is 18.8 Å². The maximum absolute atomic E-state index is 6.78. The molecule has 0 bridgehead atoms. The van der Waals surface area contributed by atoms with Crippen molar-refractivity contribution in [2.24, 2.45) is 0 Å². The number of furan rings is 1. The largest absolute Gasteiger partial charge is 0.456 e. The number of thiophene rings is 1. The normalized spacial score (nSPS) is 12.1. The molecule has 0 spiro atoms. The molecule has 0 unspecified atom stereocenters. The number of nitrogens with zero attached hydrogens (tertiary/aromatic N) is 3. The molecule has 0 aliphatic carbocycles. The van der Waals surface area contributed by atoms with Gasteiger partial charge in [-0.1, -0.05) is 78.9 Å². The van der Waals surface area contributed by atoms with Gasteiger partial charge in [-0.25, -0.2) is 9.97 Å². The Balaban J connectivity index is 0.952. The van der Waals surface area contributed by atoms with E-state index in [1.807, 2.05) is 30.3 Å². The highest BCUT2D eigenvalue weighted by atomic mass is 32.1. The number of anilines is 3. The summed E-state index contributed by atoms with van der Waals surface area (Å²) in [5.74, 6) is 0.635. The van der Waals surface area contributed by atoms with E-state index < -0.39 is 0 Å². The van der Waals surface area contributed by atoms with Crippen LogP contribution in [0.2, 0.25) is 0 Å². The molecule has 0 fully saturated rings. The second-order valence-electron chi connectivity index (χ2n) is 15.0. The van der Waals surface area contributed by atoms with E-state index in [-0.39, 0.29) is 0 Å². The zero-order valence-corrected chi connectivity index (χ0v) is 32.9. The Kier molecular flexibility index (Phi) is 6.98. The molecular weight excluding hydrogens is 763 g/mol. The molecule has 0 atom stereocenters. The lowest BCUT2D eigenvalue weighted by Crippen LogP contribution is -2.10. The van der Waals surface area contributed by atoms with Gasteiger partial charge in [0.1, 0.15) is 21.7 Å². The Morgan fingerprint density at radius 2 is 1.10 bits per heavy atom. The van der Waals surface area contributed by atoms with Crippen LogP contribution in [0.3, 0.4) is 0 Å². The molecule has 7 heteroatoms. The fourth-order valence-corrected chi connectivity index (χ4v) is 10.8. The van der Waals surface area contributed by atoms with Crippen LogP contribution in [0.1, 0.15) is 0 Å². The van der Waals surface area contributed by atoms with Crippen LogP contribution in [0, 0.1) is 0 Å². The van der Waals surface area contributed by atoms with Crippen LogP contribution >= 0.6 is 22.7 Å². The maximum atomic E-state index is 6.78. The summed E-state index contributed by atoms with van der Waals surface area (Å²) >= 11 is 3.51. The van der Waals surface area contributed by atoms with Gasteiger partial charge in [0.05, 0.1) is 15.9 Å². The summed E-state index contributed by atoms with van der Waals surface area (Å²) in [6.45, 7) is 0. The molecule has 9 aromatic carbocycles. The highest BCUT2D eigenvalue weighted by molar-refractivity contribution is 7.26. The summed E-state index contributed by atoms with van der Waals surface area (Å²) in [5.41, 5.74) is 9.64. The SMILES string of the molecule is c1ccc2c(c1)cc(N(c1ccc(-c3nc4ccccc4s3)cc1)c1ccc3c(c1)oc1cc4c(cc13)sc1cc(-c3nc5ccccc5o3)ccc14)c1ccccc12. The first-order chi connectivity index (χ1) is 29.2. The lowest BCUT2D eigenvalue weighted by atomic mass is 9.99. The Hall–Kier alpha value is -7.32. The molecule has 4 heterocycles. The van der Waals surface area contributed by atoms with Crippen molar-refractivity contribution < 1.29 is 8.83 Å². The average molecular weight is 792 g/mol. The van der Waals surface area contributed by atoms with E-state index in [1.54, 1.807) is 22.7 Å². The molecule has 13 aromatic rings. The minimum Gasteiger partial charge on any atom is -0.456 e. The second kappa shape index (κ2) is 12.6. The predicted molar refractivity (Wildman–Crippen MR) is 248 cm³/mol. The second-order valence-corrected chi connectivity index (χ2v) is 17.1. The molecule has 276 valence electrons. The Morgan fingerprint density at radius 3 is 1.98 bits per heavy atom. The molecule has 0 aliphatic heterocycles. The zero-order chi connectivity index (χ0) is 38.6. The van der Waals surface area contributed by atoms with Gasteiger partial charge in [0.25, 0.3) is 0 Å². The lowest BCUT2D eigenvalue weighted by Gasteiger charge is -2.27. The molecule has 59 heavy (non-hydrogen) atoms. The molecule has 13 rings (SSSR count). The van der Waals surface area contributed by atoms with Crippen molar-refractivity contribution in [2.45, 2.75) is 0 Å². The molecule has 0 N–H and O–H groups in total. The van der Waals surface area contributed by atoms with Crippen molar-refractivity contribution in [3.05, 3.63) is 176 Å². The highest BCUT2D eigenvalue weighted by Gasteiger charge is 2.21. The van der Waals surface area contributed by atoms with Gasteiger partial charge in [0.15, 0.2) is 5.58 Å². The number of fused-ring (bicyclic) bond motifs is 11. The Morgan fingerprint density at radius 1 is 0.390 bits per heavy atom. The summed E-state index contributed by atoms with van der Waals surface area (Å²) in [5, 5.41) is 10.4. The van der Waals surface area contributed by atoms with Crippen molar-refractivity contribution in [2.75, 3.05) is 4.90 Å². The fraction of sp³-hybridized carbons (Fsp3) is 0. The van der Waals surface area contributed by atoms with Crippen LogP contribution in [0.15, 0.2) is 185 Å². The van der Waals surface area contributed by atoms with Gasteiger partial charge in [-0.2, -0.15) is 0 Å². The van der Waals surface area contributed by atoms with Crippen LogP contribution in [0.5, 0.6) is 0 Å². The number of oxazole rings is 1. The maximum Gasteiger partial charge on any atom is 0.227 e. The van der Waals surface area contributed by atoms with E-state index >= 15 is 0 Å².